The molecular formula is C14H10FN3. The molecule has 0 bridgehead atoms. The number of anilines is 1. The Morgan fingerprint density at radius 2 is 1.83 bits per heavy atom. The third kappa shape index (κ3) is 1.68. The number of nitrogens with two attached hydrogens (primary N) is 1. The Hall–Kier alpha value is -2.49. The maximum absolute atomic E-state index is 13.8. The number of rotatable bonds is 1. The maximum Gasteiger partial charge on any atom is 0.132 e. The summed E-state index contributed by atoms with van der Waals surface area (Å²) in [6, 6.07) is 11.9. The lowest BCUT2D eigenvalue weighted by Gasteiger charge is -2.06. The largest absolute Gasteiger partial charge is 0.399 e. The summed E-state index contributed by atoms with van der Waals surface area (Å²) in [6.07, 6.45) is 1.43. The van der Waals surface area contributed by atoms with E-state index < -0.39 is 0 Å². The summed E-state index contributed by atoms with van der Waals surface area (Å²) in [5, 5.41) is 0.752. The van der Waals surface area contributed by atoms with Crippen LogP contribution < -0.4 is 5.73 Å². The van der Waals surface area contributed by atoms with Gasteiger partial charge in [-0.3, -0.25) is 0 Å². The number of fused-ring (bicyclic) bond motifs is 1. The Labute approximate surface area is 103 Å². The Balaban J connectivity index is 2.36. The monoisotopic (exact) mass is 239 g/mol. The summed E-state index contributed by atoms with van der Waals surface area (Å²) in [6.45, 7) is 0. The van der Waals surface area contributed by atoms with Gasteiger partial charge in [0, 0.05) is 16.6 Å². The van der Waals surface area contributed by atoms with Crippen LogP contribution in [0.4, 0.5) is 10.1 Å². The number of hydrogen-bond acceptors (Lipinski definition) is 3. The average Bonchev–Trinajstić information content (AvgIpc) is 2.39. The zero-order valence-electron chi connectivity index (χ0n) is 9.47. The van der Waals surface area contributed by atoms with Crippen LogP contribution in [-0.4, -0.2) is 9.97 Å². The summed E-state index contributed by atoms with van der Waals surface area (Å²) in [7, 11) is 0. The van der Waals surface area contributed by atoms with Crippen LogP contribution in [0.15, 0.2) is 48.8 Å². The van der Waals surface area contributed by atoms with Gasteiger partial charge in [-0.05, 0) is 30.3 Å². The predicted molar refractivity (Wildman–Crippen MR) is 69.3 cm³/mol. The summed E-state index contributed by atoms with van der Waals surface area (Å²) < 4.78 is 13.8. The molecule has 18 heavy (non-hydrogen) atoms. The normalized spacial score (nSPS) is 10.7. The molecule has 0 fully saturated rings. The zero-order valence-corrected chi connectivity index (χ0v) is 9.47. The van der Waals surface area contributed by atoms with E-state index in [0.29, 0.717) is 16.9 Å². The number of hydrogen-bond donors (Lipinski definition) is 1. The fraction of sp³-hybridized carbons (Fsp3) is 0. The van der Waals surface area contributed by atoms with Gasteiger partial charge in [0.25, 0.3) is 0 Å². The van der Waals surface area contributed by atoms with Gasteiger partial charge in [-0.1, -0.05) is 12.1 Å². The molecule has 1 heterocycles. The average molecular weight is 239 g/mol. The Kier molecular flexibility index (Phi) is 2.41. The van der Waals surface area contributed by atoms with Crippen molar-refractivity contribution in [3.8, 4) is 11.3 Å². The van der Waals surface area contributed by atoms with E-state index >= 15 is 0 Å². The molecule has 2 N–H and O–H groups in total. The minimum absolute atomic E-state index is 0.306. The van der Waals surface area contributed by atoms with Crippen molar-refractivity contribution in [2.45, 2.75) is 0 Å². The second kappa shape index (κ2) is 4.07. The lowest BCUT2D eigenvalue weighted by atomic mass is 10.1. The van der Waals surface area contributed by atoms with Crippen molar-refractivity contribution in [1.82, 2.24) is 9.97 Å². The molecular weight excluding hydrogens is 229 g/mol. The van der Waals surface area contributed by atoms with Crippen molar-refractivity contribution in [3.63, 3.8) is 0 Å². The Morgan fingerprint density at radius 1 is 1.00 bits per heavy atom. The molecule has 0 unspecified atom stereocenters. The van der Waals surface area contributed by atoms with Gasteiger partial charge in [-0.25, -0.2) is 14.4 Å². The van der Waals surface area contributed by atoms with E-state index in [9.17, 15) is 4.39 Å². The van der Waals surface area contributed by atoms with Crippen molar-refractivity contribution in [2.24, 2.45) is 0 Å². The van der Waals surface area contributed by atoms with Crippen LogP contribution in [0.2, 0.25) is 0 Å². The molecule has 0 aliphatic carbocycles. The molecule has 3 rings (SSSR count). The molecule has 3 nitrogen and oxygen atoms in total. The molecule has 0 saturated carbocycles. The van der Waals surface area contributed by atoms with Crippen LogP contribution in [0.25, 0.3) is 22.2 Å². The van der Waals surface area contributed by atoms with Crippen LogP contribution in [0.5, 0.6) is 0 Å². The smallest absolute Gasteiger partial charge is 0.132 e. The molecule has 0 atom stereocenters. The molecule has 0 radical (unpaired) electrons. The Morgan fingerprint density at radius 3 is 2.67 bits per heavy atom. The lowest BCUT2D eigenvalue weighted by Crippen LogP contribution is -1.93. The van der Waals surface area contributed by atoms with Gasteiger partial charge < -0.3 is 5.73 Å². The van der Waals surface area contributed by atoms with Crippen LogP contribution in [0.3, 0.4) is 0 Å². The molecule has 0 amide bonds. The van der Waals surface area contributed by atoms with Crippen molar-refractivity contribution in [1.29, 1.82) is 0 Å². The van der Waals surface area contributed by atoms with Crippen molar-refractivity contribution in [2.75, 3.05) is 5.73 Å². The molecule has 3 aromatic rings. The van der Waals surface area contributed by atoms with Gasteiger partial charge in [0.2, 0.25) is 0 Å². The summed E-state index contributed by atoms with van der Waals surface area (Å²) >= 11 is 0. The van der Waals surface area contributed by atoms with Gasteiger partial charge in [-0.2, -0.15) is 0 Å². The molecule has 0 spiro atoms. The maximum atomic E-state index is 13.8. The number of halogens is 1. The van der Waals surface area contributed by atoms with E-state index in [2.05, 4.69) is 9.97 Å². The van der Waals surface area contributed by atoms with Gasteiger partial charge in [0.15, 0.2) is 0 Å². The van der Waals surface area contributed by atoms with Crippen molar-refractivity contribution < 1.29 is 4.39 Å². The fourth-order valence-corrected chi connectivity index (χ4v) is 1.94. The van der Waals surface area contributed by atoms with Crippen molar-refractivity contribution >= 4 is 16.6 Å². The SMILES string of the molecule is Nc1ccc2ncnc(-c3ccccc3F)c2c1. The fourth-order valence-electron chi connectivity index (χ4n) is 1.94. The summed E-state index contributed by atoms with van der Waals surface area (Å²) in [5.41, 5.74) is 8.13. The first-order chi connectivity index (χ1) is 8.75. The van der Waals surface area contributed by atoms with Gasteiger partial charge in [-0.15, -0.1) is 0 Å². The van der Waals surface area contributed by atoms with Crippen LogP contribution in [-0.2, 0) is 0 Å². The van der Waals surface area contributed by atoms with Crippen LogP contribution >= 0.6 is 0 Å². The molecule has 1 aromatic heterocycles. The predicted octanol–water partition coefficient (Wildman–Crippen LogP) is 3.02. The minimum atomic E-state index is -0.306. The third-order valence-corrected chi connectivity index (χ3v) is 2.79. The molecule has 0 aliphatic heterocycles. The van der Waals surface area contributed by atoms with Crippen molar-refractivity contribution in [3.05, 3.63) is 54.6 Å². The van der Waals surface area contributed by atoms with E-state index in [1.165, 1.54) is 12.4 Å². The number of nitrogens with zero attached hydrogens (tertiary/aromatic N) is 2. The highest BCUT2D eigenvalue weighted by Crippen LogP contribution is 2.28. The number of nitrogen functional groups attached to an aromatic ring is 1. The zero-order chi connectivity index (χ0) is 12.5. The first-order valence-electron chi connectivity index (χ1n) is 5.51. The second-order valence-corrected chi connectivity index (χ2v) is 3.98. The van der Waals surface area contributed by atoms with E-state index in [0.717, 1.165) is 10.9 Å². The van der Waals surface area contributed by atoms with E-state index in [4.69, 9.17) is 5.73 Å². The number of benzene rings is 2. The molecule has 0 aliphatic rings. The van der Waals surface area contributed by atoms with E-state index in [1.54, 1.807) is 36.4 Å². The first-order valence-corrected chi connectivity index (χ1v) is 5.51. The Bertz CT molecular complexity index is 725. The standard InChI is InChI=1S/C14H10FN3/c15-12-4-2-1-3-10(12)14-11-7-9(16)5-6-13(11)17-8-18-14/h1-8H,16H2. The third-order valence-electron chi connectivity index (χ3n) is 2.79. The van der Waals surface area contributed by atoms with E-state index in [-0.39, 0.29) is 5.82 Å². The van der Waals surface area contributed by atoms with Gasteiger partial charge in [0.1, 0.15) is 12.1 Å². The molecule has 4 heteroatoms. The van der Waals surface area contributed by atoms with Crippen LogP contribution in [0, 0.1) is 5.82 Å². The highest BCUT2D eigenvalue weighted by molar-refractivity contribution is 5.93. The summed E-state index contributed by atoms with van der Waals surface area (Å²) in [5.74, 6) is -0.306. The topological polar surface area (TPSA) is 51.8 Å². The first kappa shape index (κ1) is 10.7. The quantitative estimate of drug-likeness (QED) is 0.664. The van der Waals surface area contributed by atoms with Gasteiger partial charge >= 0.3 is 0 Å². The number of aromatic nitrogens is 2. The van der Waals surface area contributed by atoms with E-state index in [1.807, 2.05) is 0 Å². The highest BCUT2D eigenvalue weighted by Gasteiger charge is 2.10. The lowest BCUT2D eigenvalue weighted by molar-refractivity contribution is 0.631. The molecule has 88 valence electrons. The second-order valence-electron chi connectivity index (χ2n) is 3.98. The highest BCUT2D eigenvalue weighted by atomic mass is 19.1. The molecule has 0 saturated heterocycles. The van der Waals surface area contributed by atoms with Gasteiger partial charge in [0.05, 0.1) is 11.2 Å². The minimum Gasteiger partial charge on any atom is -0.399 e. The van der Waals surface area contributed by atoms with Crippen LogP contribution in [0.1, 0.15) is 0 Å². The molecule has 2 aromatic carbocycles. The summed E-state index contributed by atoms with van der Waals surface area (Å²) in [4.78, 5) is 8.32.